The van der Waals surface area contributed by atoms with Crippen molar-refractivity contribution in [2.24, 2.45) is 0 Å². The van der Waals surface area contributed by atoms with Gasteiger partial charge in [-0.15, -0.1) is 6.58 Å². The van der Waals surface area contributed by atoms with Crippen LogP contribution in [0.5, 0.6) is 5.75 Å². The minimum Gasteiger partial charge on any atom is -0.491 e. The number of anilines is 1. The van der Waals surface area contributed by atoms with Crippen LogP contribution in [-0.2, 0) is 42.7 Å². The number of ether oxygens (including phenoxy) is 9. The standard InChI is InChI=1S/C27H45NO10/c1-3-8-30-9-10-31-11-12-32-13-14-33-15-16-34-17-18-35-19-20-36-21-22-37-23-24-38-27-6-4-26(5-7-27)28-25(2)29/h3-7H,1,8-24H2,2H3,(H,28,29). The van der Waals surface area contributed by atoms with Gasteiger partial charge in [-0.2, -0.15) is 0 Å². The molecule has 0 aliphatic carbocycles. The van der Waals surface area contributed by atoms with Gasteiger partial charge in [0.15, 0.2) is 0 Å². The topological polar surface area (TPSA) is 112 Å². The van der Waals surface area contributed by atoms with Crippen LogP contribution < -0.4 is 10.1 Å². The fraction of sp³-hybridized carbons (Fsp3) is 0.667. The molecule has 0 unspecified atom stereocenters. The fourth-order valence-electron chi connectivity index (χ4n) is 2.76. The van der Waals surface area contributed by atoms with Gasteiger partial charge in [-0.25, -0.2) is 0 Å². The second kappa shape index (κ2) is 26.5. The molecule has 0 aliphatic heterocycles. The second-order valence-electron chi connectivity index (χ2n) is 7.70. The Labute approximate surface area is 226 Å². The molecule has 38 heavy (non-hydrogen) atoms. The zero-order chi connectivity index (χ0) is 27.4. The van der Waals surface area contributed by atoms with E-state index in [2.05, 4.69) is 11.9 Å². The van der Waals surface area contributed by atoms with Gasteiger partial charge in [0, 0.05) is 12.6 Å². The molecular formula is C27H45NO10. The maximum atomic E-state index is 11.0. The molecule has 0 spiro atoms. The van der Waals surface area contributed by atoms with E-state index >= 15 is 0 Å². The van der Waals surface area contributed by atoms with Crippen LogP contribution >= 0.6 is 0 Å². The predicted molar refractivity (Wildman–Crippen MR) is 143 cm³/mol. The molecule has 0 aromatic heterocycles. The van der Waals surface area contributed by atoms with Crippen LogP contribution in [0, 0.1) is 0 Å². The lowest BCUT2D eigenvalue weighted by Crippen LogP contribution is -2.15. The van der Waals surface area contributed by atoms with Crippen LogP contribution in [0.3, 0.4) is 0 Å². The van der Waals surface area contributed by atoms with Gasteiger partial charge in [-0.05, 0) is 24.3 Å². The minimum absolute atomic E-state index is 0.106. The molecular weight excluding hydrogens is 498 g/mol. The predicted octanol–water partition coefficient (Wildman–Crippen LogP) is 2.34. The summed E-state index contributed by atoms with van der Waals surface area (Å²) in [5.74, 6) is 0.614. The van der Waals surface area contributed by atoms with Crippen molar-refractivity contribution in [1.29, 1.82) is 0 Å². The number of hydrogen-bond donors (Lipinski definition) is 1. The highest BCUT2D eigenvalue weighted by Crippen LogP contribution is 2.15. The fourth-order valence-corrected chi connectivity index (χ4v) is 2.76. The largest absolute Gasteiger partial charge is 0.491 e. The van der Waals surface area contributed by atoms with Crippen molar-refractivity contribution in [2.75, 3.05) is 118 Å². The molecule has 11 nitrogen and oxygen atoms in total. The van der Waals surface area contributed by atoms with Crippen molar-refractivity contribution in [3.05, 3.63) is 36.9 Å². The molecule has 0 aliphatic rings. The number of rotatable bonds is 28. The molecule has 0 heterocycles. The van der Waals surface area contributed by atoms with Crippen LogP contribution in [0.4, 0.5) is 5.69 Å². The molecule has 0 fully saturated rings. The van der Waals surface area contributed by atoms with Crippen LogP contribution in [0.15, 0.2) is 36.9 Å². The molecule has 1 aromatic carbocycles. The Kier molecular flexibility index (Phi) is 23.7. The molecule has 1 aromatic rings. The molecule has 1 N–H and O–H groups in total. The van der Waals surface area contributed by atoms with Gasteiger partial charge in [-0.1, -0.05) is 6.08 Å². The smallest absolute Gasteiger partial charge is 0.221 e. The Balaban J connectivity index is 1.71. The third-order valence-corrected chi connectivity index (χ3v) is 4.51. The van der Waals surface area contributed by atoms with Gasteiger partial charge in [0.1, 0.15) is 12.4 Å². The average molecular weight is 544 g/mol. The maximum Gasteiger partial charge on any atom is 0.221 e. The van der Waals surface area contributed by atoms with Gasteiger partial charge in [0.05, 0.1) is 106 Å². The summed E-state index contributed by atoms with van der Waals surface area (Å²) in [5, 5.41) is 2.71. The van der Waals surface area contributed by atoms with E-state index in [1.165, 1.54) is 6.92 Å². The normalized spacial score (nSPS) is 11.0. The molecule has 0 saturated carbocycles. The van der Waals surface area contributed by atoms with Gasteiger partial charge >= 0.3 is 0 Å². The van der Waals surface area contributed by atoms with E-state index in [-0.39, 0.29) is 5.91 Å². The summed E-state index contributed by atoms with van der Waals surface area (Å²) < 4.78 is 48.8. The lowest BCUT2D eigenvalue weighted by atomic mass is 10.3. The third-order valence-electron chi connectivity index (χ3n) is 4.51. The molecule has 0 atom stereocenters. The molecule has 218 valence electrons. The van der Waals surface area contributed by atoms with Crippen molar-refractivity contribution in [1.82, 2.24) is 0 Å². The summed E-state index contributed by atoms with van der Waals surface area (Å²) in [4.78, 5) is 11.0. The minimum atomic E-state index is -0.106. The molecule has 0 saturated heterocycles. The van der Waals surface area contributed by atoms with Gasteiger partial charge in [0.2, 0.25) is 5.91 Å². The van der Waals surface area contributed by atoms with Crippen molar-refractivity contribution >= 4 is 11.6 Å². The first kappa shape index (κ1) is 33.9. The van der Waals surface area contributed by atoms with E-state index < -0.39 is 0 Å². The second-order valence-corrected chi connectivity index (χ2v) is 7.70. The Bertz CT molecular complexity index is 674. The average Bonchev–Trinajstić information content (AvgIpc) is 2.91. The maximum absolute atomic E-state index is 11.0. The van der Waals surface area contributed by atoms with Crippen LogP contribution in [0.25, 0.3) is 0 Å². The van der Waals surface area contributed by atoms with Crippen molar-refractivity contribution in [2.45, 2.75) is 6.92 Å². The van der Waals surface area contributed by atoms with E-state index in [0.29, 0.717) is 112 Å². The number of amides is 1. The first-order valence-electron chi connectivity index (χ1n) is 13.0. The Morgan fingerprint density at radius 1 is 0.605 bits per heavy atom. The van der Waals surface area contributed by atoms with Gasteiger partial charge < -0.3 is 47.9 Å². The molecule has 1 amide bonds. The van der Waals surface area contributed by atoms with Crippen LogP contribution in [0.1, 0.15) is 6.92 Å². The summed E-state index contributed by atoms with van der Waals surface area (Å²) in [5.41, 5.74) is 0.734. The Hall–Kier alpha value is -2.09. The van der Waals surface area contributed by atoms with Crippen molar-refractivity contribution in [3.8, 4) is 5.75 Å². The summed E-state index contributed by atoms with van der Waals surface area (Å²) in [6.07, 6.45) is 1.71. The third kappa shape index (κ3) is 23.1. The highest BCUT2D eigenvalue weighted by Gasteiger charge is 1.98. The van der Waals surface area contributed by atoms with E-state index in [9.17, 15) is 4.79 Å². The van der Waals surface area contributed by atoms with Crippen molar-refractivity contribution < 1.29 is 47.4 Å². The molecule has 0 radical (unpaired) electrons. The monoisotopic (exact) mass is 543 g/mol. The number of nitrogens with one attached hydrogen (secondary N) is 1. The summed E-state index contributed by atoms with van der Waals surface area (Å²) >= 11 is 0. The Morgan fingerprint density at radius 3 is 1.29 bits per heavy atom. The highest BCUT2D eigenvalue weighted by molar-refractivity contribution is 5.88. The van der Waals surface area contributed by atoms with Crippen LogP contribution in [0.2, 0.25) is 0 Å². The Morgan fingerprint density at radius 2 is 0.947 bits per heavy atom. The summed E-state index contributed by atoms with van der Waals surface area (Å²) in [6, 6.07) is 7.18. The first-order valence-corrected chi connectivity index (χ1v) is 13.0. The van der Waals surface area contributed by atoms with Gasteiger partial charge in [0.25, 0.3) is 0 Å². The zero-order valence-corrected chi connectivity index (χ0v) is 22.7. The van der Waals surface area contributed by atoms with Crippen LogP contribution in [-0.4, -0.2) is 118 Å². The highest BCUT2D eigenvalue weighted by atomic mass is 16.6. The number of hydrogen-bond acceptors (Lipinski definition) is 10. The lowest BCUT2D eigenvalue weighted by molar-refractivity contribution is -0.114. The van der Waals surface area contributed by atoms with E-state index in [4.69, 9.17) is 42.6 Å². The summed E-state index contributed by atoms with van der Waals surface area (Å²) in [6.45, 7) is 13.7. The van der Waals surface area contributed by atoms with Crippen molar-refractivity contribution in [3.63, 3.8) is 0 Å². The lowest BCUT2D eigenvalue weighted by Gasteiger charge is -2.09. The quantitative estimate of drug-likeness (QED) is 0.125. The molecule has 1 rings (SSSR count). The number of benzene rings is 1. The van der Waals surface area contributed by atoms with E-state index in [1.807, 2.05) is 0 Å². The van der Waals surface area contributed by atoms with E-state index in [0.717, 1.165) is 11.4 Å². The number of carbonyl (C=O) groups is 1. The first-order chi connectivity index (χ1) is 18.7. The summed E-state index contributed by atoms with van der Waals surface area (Å²) in [7, 11) is 0. The molecule has 11 heteroatoms. The van der Waals surface area contributed by atoms with E-state index in [1.54, 1.807) is 30.3 Å². The SMILES string of the molecule is C=CCOCCOCCOCCOCCOCCOCCOCCOCCOc1ccc(NC(C)=O)cc1. The zero-order valence-electron chi connectivity index (χ0n) is 22.7. The van der Waals surface area contributed by atoms with Gasteiger partial charge in [-0.3, -0.25) is 4.79 Å². The molecule has 0 bridgehead atoms. The number of carbonyl (C=O) groups excluding carboxylic acids is 1.